The van der Waals surface area contributed by atoms with Crippen LogP contribution in [0.5, 0.6) is 0 Å². The lowest BCUT2D eigenvalue weighted by Gasteiger charge is -2.54. The molecule has 3 aliphatic carbocycles. The van der Waals surface area contributed by atoms with Crippen molar-refractivity contribution in [3.63, 3.8) is 0 Å². The summed E-state index contributed by atoms with van der Waals surface area (Å²) < 4.78 is 28.6. The SMILES string of the molecule is CC1C(=O)[C@@]23C[C@H](OS(C)(=O)=O)[C@@H]1[C@@]2(C)CCCC3(C)C. The van der Waals surface area contributed by atoms with Gasteiger partial charge in [-0.15, -0.1) is 0 Å². The number of carbonyl (C=O) groups is 1. The van der Waals surface area contributed by atoms with Crippen molar-refractivity contribution in [3.8, 4) is 0 Å². The molecule has 0 N–H and O–H groups in total. The Labute approximate surface area is 127 Å². The number of ketones is 1. The number of Topliss-reactive ketones (excluding diaryl/α,β-unsaturated/α-hetero) is 1. The Bertz CT molecular complexity index is 593. The molecule has 5 heteroatoms. The van der Waals surface area contributed by atoms with E-state index in [1.165, 1.54) is 0 Å². The van der Waals surface area contributed by atoms with Gasteiger partial charge in [0.2, 0.25) is 0 Å². The molecule has 3 saturated carbocycles. The first kappa shape index (κ1) is 15.5. The van der Waals surface area contributed by atoms with Gasteiger partial charge in [-0.25, -0.2) is 0 Å². The maximum Gasteiger partial charge on any atom is 0.264 e. The zero-order valence-electron chi connectivity index (χ0n) is 13.6. The molecule has 3 fully saturated rings. The quantitative estimate of drug-likeness (QED) is 0.735. The Morgan fingerprint density at radius 1 is 1.19 bits per heavy atom. The molecule has 0 aromatic rings. The van der Waals surface area contributed by atoms with E-state index in [4.69, 9.17) is 4.18 Å². The Morgan fingerprint density at radius 2 is 1.81 bits per heavy atom. The predicted octanol–water partition coefficient (Wildman–Crippen LogP) is 2.77. The maximum atomic E-state index is 13.0. The van der Waals surface area contributed by atoms with E-state index in [1.54, 1.807) is 0 Å². The number of hydrogen-bond acceptors (Lipinski definition) is 4. The fourth-order valence-electron chi connectivity index (χ4n) is 6.36. The lowest BCUT2D eigenvalue weighted by Crippen LogP contribution is -2.52. The first-order chi connectivity index (χ1) is 9.46. The maximum absolute atomic E-state index is 13.0. The molecule has 3 rings (SSSR count). The molecule has 0 aliphatic heterocycles. The van der Waals surface area contributed by atoms with Crippen LogP contribution in [0.4, 0.5) is 0 Å². The van der Waals surface area contributed by atoms with Gasteiger partial charge in [-0.2, -0.15) is 8.42 Å². The normalized spacial score (nSPS) is 48.4. The monoisotopic (exact) mass is 314 g/mol. The second-order valence-corrected chi connectivity index (χ2v) is 9.88. The van der Waals surface area contributed by atoms with E-state index in [1.807, 2.05) is 6.92 Å². The molecule has 1 unspecified atom stereocenters. The molecule has 0 spiro atoms. The summed E-state index contributed by atoms with van der Waals surface area (Å²) >= 11 is 0. The molecule has 0 aromatic heterocycles. The number of hydrogen-bond donors (Lipinski definition) is 0. The first-order valence-electron chi connectivity index (χ1n) is 7.89. The standard InChI is InChI=1S/C16H26O4S/c1-10-12-11(20-21(5,18)19)9-16(13(10)17)14(2,3)7-6-8-15(12,16)4/h10-12H,6-9H2,1-5H3/t10?,11-,12+,15+,16+/m0/s1. The highest BCUT2D eigenvalue weighted by molar-refractivity contribution is 7.86. The fourth-order valence-corrected chi connectivity index (χ4v) is 6.99. The predicted molar refractivity (Wildman–Crippen MR) is 80.2 cm³/mol. The van der Waals surface area contributed by atoms with Gasteiger partial charge in [-0.3, -0.25) is 8.98 Å². The highest BCUT2D eigenvalue weighted by atomic mass is 32.2. The molecule has 21 heavy (non-hydrogen) atoms. The Kier molecular flexibility index (Phi) is 3.02. The van der Waals surface area contributed by atoms with Crippen molar-refractivity contribution < 1.29 is 17.4 Å². The van der Waals surface area contributed by atoms with E-state index in [0.29, 0.717) is 12.2 Å². The molecule has 4 nitrogen and oxygen atoms in total. The van der Waals surface area contributed by atoms with Gasteiger partial charge < -0.3 is 0 Å². The zero-order chi connectivity index (χ0) is 15.8. The molecule has 0 aromatic carbocycles. The summed E-state index contributed by atoms with van der Waals surface area (Å²) in [5.74, 6) is 0.264. The molecular formula is C16H26O4S. The van der Waals surface area contributed by atoms with Crippen LogP contribution in [0.15, 0.2) is 0 Å². The van der Waals surface area contributed by atoms with Crippen LogP contribution in [0.25, 0.3) is 0 Å². The molecule has 0 amide bonds. The molecule has 0 saturated heterocycles. The minimum atomic E-state index is -3.49. The van der Waals surface area contributed by atoms with Gasteiger partial charge in [-0.1, -0.05) is 34.1 Å². The Hall–Kier alpha value is -0.420. The topological polar surface area (TPSA) is 60.4 Å². The Balaban J connectivity index is 2.13. The van der Waals surface area contributed by atoms with E-state index in [-0.39, 0.29) is 28.8 Å². The molecule has 2 bridgehead atoms. The largest absolute Gasteiger partial charge is 0.299 e. The van der Waals surface area contributed by atoms with Gasteiger partial charge in [0.15, 0.2) is 0 Å². The van der Waals surface area contributed by atoms with Crippen molar-refractivity contribution in [3.05, 3.63) is 0 Å². The number of rotatable bonds is 2. The molecule has 3 aliphatic rings. The third kappa shape index (κ3) is 1.70. The minimum Gasteiger partial charge on any atom is -0.299 e. The van der Waals surface area contributed by atoms with Gasteiger partial charge in [0.25, 0.3) is 10.1 Å². The van der Waals surface area contributed by atoms with Crippen LogP contribution in [0, 0.1) is 28.1 Å². The lowest BCUT2D eigenvalue weighted by atomic mass is 9.48. The molecule has 0 radical (unpaired) electrons. The third-order valence-electron chi connectivity index (χ3n) is 6.94. The van der Waals surface area contributed by atoms with E-state index >= 15 is 0 Å². The van der Waals surface area contributed by atoms with E-state index < -0.39 is 15.5 Å². The van der Waals surface area contributed by atoms with Crippen molar-refractivity contribution >= 4 is 15.9 Å². The van der Waals surface area contributed by atoms with Gasteiger partial charge in [-0.05, 0) is 30.1 Å². The van der Waals surface area contributed by atoms with Gasteiger partial charge in [0.05, 0.1) is 12.4 Å². The lowest BCUT2D eigenvalue weighted by molar-refractivity contribution is -0.148. The van der Waals surface area contributed by atoms with E-state index in [2.05, 4.69) is 20.8 Å². The van der Waals surface area contributed by atoms with Crippen molar-refractivity contribution in [2.24, 2.45) is 28.1 Å². The van der Waals surface area contributed by atoms with Crippen LogP contribution in [0.2, 0.25) is 0 Å². The van der Waals surface area contributed by atoms with Crippen LogP contribution >= 0.6 is 0 Å². The van der Waals surface area contributed by atoms with E-state index in [9.17, 15) is 13.2 Å². The first-order valence-corrected chi connectivity index (χ1v) is 9.70. The van der Waals surface area contributed by atoms with Crippen molar-refractivity contribution in [2.75, 3.05) is 6.26 Å². The second-order valence-electron chi connectivity index (χ2n) is 8.28. The summed E-state index contributed by atoms with van der Waals surface area (Å²) in [4.78, 5) is 13.0. The summed E-state index contributed by atoms with van der Waals surface area (Å²) in [6.45, 7) is 8.53. The Morgan fingerprint density at radius 3 is 2.33 bits per heavy atom. The van der Waals surface area contributed by atoms with Crippen LogP contribution in [-0.2, 0) is 19.1 Å². The summed E-state index contributed by atoms with van der Waals surface area (Å²) in [6, 6.07) is 0. The highest BCUT2D eigenvalue weighted by Crippen LogP contribution is 2.76. The van der Waals surface area contributed by atoms with Crippen LogP contribution in [0.1, 0.15) is 53.4 Å². The summed E-state index contributed by atoms with van der Waals surface area (Å²) in [5, 5.41) is 0. The molecule has 120 valence electrons. The average molecular weight is 314 g/mol. The number of carbonyl (C=O) groups excluding carboxylic acids is 1. The minimum absolute atomic E-state index is 0.0271. The highest BCUT2D eigenvalue weighted by Gasteiger charge is 2.78. The van der Waals surface area contributed by atoms with Crippen LogP contribution < -0.4 is 0 Å². The van der Waals surface area contributed by atoms with Crippen LogP contribution in [-0.4, -0.2) is 26.6 Å². The molecule has 0 heterocycles. The summed E-state index contributed by atoms with van der Waals surface area (Å²) in [6.07, 6.45) is 4.47. The average Bonchev–Trinajstić information content (AvgIpc) is 2.63. The zero-order valence-corrected chi connectivity index (χ0v) is 14.4. The second kappa shape index (κ2) is 4.10. The molecule has 5 atom stereocenters. The smallest absolute Gasteiger partial charge is 0.264 e. The van der Waals surface area contributed by atoms with Crippen molar-refractivity contribution in [2.45, 2.75) is 59.5 Å². The van der Waals surface area contributed by atoms with Gasteiger partial charge in [0.1, 0.15) is 5.78 Å². The van der Waals surface area contributed by atoms with Gasteiger partial charge >= 0.3 is 0 Å². The van der Waals surface area contributed by atoms with Crippen molar-refractivity contribution in [1.82, 2.24) is 0 Å². The van der Waals surface area contributed by atoms with Crippen LogP contribution in [0.3, 0.4) is 0 Å². The summed E-state index contributed by atoms with van der Waals surface area (Å²) in [7, 11) is -3.49. The van der Waals surface area contributed by atoms with Gasteiger partial charge in [0, 0.05) is 17.3 Å². The summed E-state index contributed by atoms with van der Waals surface area (Å²) in [5.41, 5.74) is -0.631. The fraction of sp³-hybridized carbons (Fsp3) is 0.938. The third-order valence-corrected chi connectivity index (χ3v) is 7.54. The van der Waals surface area contributed by atoms with Crippen molar-refractivity contribution in [1.29, 1.82) is 0 Å². The van der Waals surface area contributed by atoms with E-state index in [0.717, 1.165) is 25.5 Å². The molecular weight excluding hydrogens is 288 g/mol.